The minimum absolute atomic E-state index is 0.182. The number of hydrogen-bond acceptors (Lipinski definition) is 2. The molecule has 1 aliphatic heterocycles. The van der Waals surface area contributed by atoms with Gasteiger partial charge in [-0.1, -0.05) is 12.1 Å². The SMILES string of the molecule is O=C(CN1CCCC1c1ccc[nH]1)Nc1ccccc1F. The number of halogens is 1. The molecule has 0 saturated carbocycles. The Bertz CT molecular complexity index is 612. The number of nitrogens with zero attached hydrogens (tertiary/aromatic N) is 1. The number of aromatic amines is 1. The summed E-state index contributed by atoms with van der Waals surface area (Å²) in [7, 11) is 0. The van der Waals surface area contributed by atoms with Gasteiger partial charge in [-0.25, -0.2) is 4.39 Å². The van der Waals surface area contributed by atoms with Gasteiger partial charge in [0.05, 0.1) is 18.3 Å². The average molecular weight is 287 g/mol. The molecule has 1 saturated heterocycles. The highest BCUT2D eigenvalue weighted by Gasteiger charge is 2.28. The maximum Gasteiger partial charge on any atom is 0.238 e. The summed E-state index contributed by atoms with van der Waals surface area (Å²) in [6.07, 6.45) is 4.00. The molecule has 1 aliphatic rings. The molecule has 5 heteroatoms. The standard InChI is InChI=1S/C16H18FN3O/c17-12-5-1-2-6-13(12)19-16(21)11-20-10-4-8-15(20)14-7-3-9-18-14/h1-3,5-7,9,15,18H,4,8,10-11H2,(H,19,21). The highest BCUT2D eigenvalue weighted by Crippen LogP contribution is 2.30. The van der Waals surface area contributed by atoms with Crippen LogP contribution in [0.4, 0.5) is 10.1 Å². The Labute approximate surface area is 123 Å². The molecule has 1 fully saturated rings. The van der Waals surface area contributed by atoms with Gasteiger partial charge in [0.1, 0.15) is 5.82 Å². The number of amides is 1. The Hall–Kier alpha value is -2.14. The summed E-state index contributed by atoms with van der Waals surface area (Å²) in [5, 5.41) is 2.64. The van der Waals surface area contributed by atoms with Gasteiger partial charge in [0, 0.05) is 11.9 Å². The van der Waals surface area contributed by atoms with Crippen molar-refractivity contribution in [3.63, 3.8) is 0 Å². The van der Waals surface area contributed by atoms with Gasteiger partial charge in [-0.15, -0.1) is 0 Å². The van der Waals surface area contributed by atoms with Crippen molar-refractivity contribution in [2.75, 3.05) is 18.4 Å². The number of likely N-dealkylation sites (tertiary alicyclic amines) is 1. The first kappa shape index (κ1) is 13.8. The van der Waals surface area contributed by atoms with Crippen molar-refractivity contribution in [2.24, 2.45) is 0 Å². The van der Waals surface area contributed by atoms with Crippen LogP contribution in [0.2, 0.25) is 0 Å². The maximum absolute atomic E-state index is 13.5. The summed E-state index contributed by atoms with van der Waals surface area (Å²) in [4.78, 5) is 17.4. The fourth-order valence-electron chi connectivity index (χ4n) is 2.86. The predicted octanol–water partition coefficient (Wildman–Crippen LogP) is 2.93. The summed E-state index contributed by atoms with van der Waals surface area (Å²) in [5.41, 5.74) is 1.37. The van der Waals surface area contributed by atoms with E-state index in [2.05, 4.69) is 15.2 Å². The van der Waals surface area contributed by atoms with Crippen molar-refractivity contribution >= 4 is 11.6 Å². The zero-order valence-electron chi connectivity index (χ0n) is 11.7. The molecule has 21 heavy (non-hydrogen) atoms. The molecule has 4 nitrogen and oxygen atoms in total. The number of benzene rings is 1. The Morgan fingerprint density at radius 1 is 1.33 bits per heavy atom. The van der Waals surface area contributed by atoms with Crippen LogP contribution in [0.25, 0.3) is 0 Å². The molecule has 1 aromatic heterocycles. The lowest BCUT2D eigenvalue weighted by Crippen LogP contribution is -2.33. The van der Waals surface area contributed by atoms with Crippen molar-refractivity contribution in [1.82, 2.24) is 9.88 Å². The second-order valence-corrected chi connectivity index (χ2v) is 5.28. The lowest BCUT2D eigenvalue weighted by molar-refractivity contribution is -0.117. The van der Waals surface area contributed by atoms with E-state index in [9.17, 15) is 9.18 Å². The zero-order valence-corrected chi connectivity index (χ0v) is 11.7. The molecule has 0 bridgehead atoms. The van der Waals surface area contributed by atoms with Gasteiger partial charge in [0.15, 0.2) is 0 Å². The van der Waals surface area contributed by atoms with Crippen molar-refractivity contribution < 1.29 is 9.18 Å². The van der Waals surface area contributed by atoms with Gasteiger partial charge in [-0.2, -0.15) is 0 Å². The molecule has 1 unspecified atom stereocenters. The molecule has 2 aromatic rings. The van der Waals surface area contributed by atoms with Crippen LogP contribution >= 0.6 is 0 Å². The van der Waals surface area contributed by atoms with Gasteiger partial charge < -0.3 is 10.3 Å². The number of carbonyl (C=O) groups excluding carboxylic acids is 1. The zero-order chi connectivity index (χ0) is 14.7. The normalized spacial score (nSPS) is 18.8. The quantitative estimate of drug-likeness (QED) is 0.908. The van der Waals surface area contributed by atoms with Crippen LogP contribution in [-0.2, 0) is 4.79 Å². The summed E-state index contributed by atoms with van der Waals surface area (Å²) in [5.74, 6) is -0.591. The van der Waals surface area contributed by atoms with E-state index in [1.165, 1.54) is 6.07 Å². The second kappa shape index (κ2) is 6.10. The molecule has 110 valence electrons. The first-order valence-electron chi connectivity index (χ1n) is 7.16. The second-order valence-electron chi connectivity index (χ2n) is 5.28. The highest BCUT2D eigenvalue weighted by molar-refractivity contribution is 5.92. The summed E-state index contributed by atoms with van der Waals surface area (Å²) >= 11 is 0. The summed E-state index contributed by atoms with van der Waals surface area (Å²) in [6, 6.07) is 10.5. The van der Waals surface area contributed by atoms with Gasteiger partial charge in [0.25, 0.3) is 0 Å². The Kier molecular flexibility index (Phi) is 4.01. The molecule has 2 N–H and O–H groups in total. The van der Waals surface area contributed by atoms with E-state index in [4.69, 9.17) is 0 Å². The molecule has 0 spiro atoms. The summed E-state index contributed by atoms with van der Waals surface area (Å²) < 4.78 is 13.5. The number of para-hydroxylation sites is 1. The number of hydrogen-bond donors (Lipinski definition) is 2. The Morgan fingerprint density at radius 2 is 2.19 bits per heavy atom. The molecule has 2 heterocycles. The van der Waals surface area contributed by atoms with E-state index in [-0.39, 0.29) is 24.2 Å². The molecule has 1 amide bonds. The third-order valence-electron chi connectivity index (χ3n) is 3.84. The monoisotopic (exact) mass is 287 g/mol. The molecular weight excluding hydrogens is 269 g/mol. The van der Waals surface area contributed by atoms with Crippen LogP contribution < -0.4 is 5.32 Å². The van der Waals surface area contributed by atoms with Gasteiger partial charge in [0.2, 0.25) is 5.91 Å². The number of carbonyl (C=O) groups is 1. The molecule has 0 radical (unpaired) electrons. The van der Waals surface area contributed by atoms with Crippen LogP contribution in [0.5, 0.6) is 0 Å². The largest absolute Gasteiger partial charge is 0.364 e. The number of rotatable bonds is 4. The van der Waals surface area contributed by atoms with Crippen molar-refractivity contribution in [1.29, 1.82) is 0 Å². The molecular formula is C16H18FN3O. The predicted molar refractivity (Wildman–Crippen MR) is 79.4 cm³/mol. The number of H-pyrrole nitrogens is 1. The Balaban J connectivity index is 1.63. The fraction of sp³-hybridized carbons (Fsp3) is 0.312. The van der Waals surface area contributed by atoms with Crippen molar-refractivity contribution in [3.8, 4) is 0 Å². The minimum Gasteiger partial charge on any atom is -0.364 e. The molecule has 1 atom stereocenters. The van der Waals surface area contributed by atoms with Crippen LogP contribution in [-0.4, -0.2) is 28.9 Å². The van der Waals surface area contributed by atoms with Gasteiger partial charge in [-0.05, 0) is 43.7 Å². The van der Waals surface area contributed by atoms with Crippen LogP contribution in [0.1, 0.15) is 24.6 Å². The van der Waals surface area contributed by atoms with Gasteiger partial charge in [-0.3, -0.25) is 9.69 Å². The number of aromatic nitrogens is 1. The maximum atomic E-state index is 13.5. The first-order chi connectivity index (χ1) is 10.2. The van der Waals surface area contributed by atoms with Crippen molar-refractivity contribution in [3.05, 3.63) is 54.1 Å². The van der Waals surface area contributed by atoms with Crippen LogP contribution in [0.15, 0.2) is 42.6 Å². The first-order valence-corrected chi connectivity index (χ1v) is 7.16. The lowest BCUT2D eigenvalue weighted by Gasteiger charge is -2.23. The molecule has 0 aliphatic carbocycles. The van der Waals surface area contributed by atoms with E-state index in [0.717, 1.165) is 25.1 Å². The van der Waals surface area contributed by atoms with Crippen LogP contribution in [0, 0.1) is 5.82 Å². The third-order valence-corrected chi connectivity index (χ3v) is 3.84. The average Bonchev–Trinajstić information content (AvgIpc) is 3.11. The van der Waals surface area contributed by atoms with E-state index in [0.29, 0.717) is 0 Å². The minimum atomic E-state index is -0.409. The Morgan fingerprint density at radius 3 is 2.95 bits per heavy atom. The fourth-order valence-corrected chi connectivity index (χ4v) is 2.86. The van der Waals surface area contributed by atoms with E-state index >= 15 is 0 Å². The summed E-state index contributed by atoms with van der Waals surface area (Å²) in [6.45, 7) is 1.16. The van der Waals surface area contributed by atoms with Crippen molar-refractivity contribution in [2.45, 2.75) is 18.9 Å². The highest BCUT2D eigenvalue weighted by atomic mass is 19.1. The lowest BCUT2D eigenvalue weighted by atomic mass is 10.1. The third kappa shape index (κ3) is 3.13. The number of nitrogens with one attached hydrogen (secondary N) is 2. The van der Waals surface area contributed by atoms with E-state index < -0.39 is 5.82 Å². The van der Waals surface area contributed by atoms with Crippen LogP contribution in [0.3, 0.4) is 0 Å². The number of anilines is 1. The topological polar surface area (TPSA) is 48.1 Å². The van der Waals surface area contributed by atoms with E-state index in [1.54, 1.807) is 18.2 Å². The van der Waals surface area contributed by atoms with Gasteiger partial charge >= 0.3 is 0 Å². The van der Waals surface area contributed by atoms with E-state index in [1.807, 2.05) is 18.3 Å². The molecule has 3 rings (SSSR count). The smallest absolute Gasteiger partial charge is 0.238 e. The molecule has 1 aromatic carbocycles.